The van der Waals surface area contributed by atoms with E-state index >= 15 is 0 Å². The number of thiol groups is 1. The zero-order valence-corrected chi connectivity index (χ0v) is 12.9. The van der Waals surface area contributed by atoms with Crippen LogP contribution in [-0.4, -0.2) is 68.1 Å². The molecule has 0 radical (unpaired) electrons. The van der Waals surface area contributed by atoms with Crippen molar-refractivity contribution >= 4 is 47.1 Å². The second kappa shape index (κ2) is 10.4. The van der Waals surface area contributed by atoms with Crippen LogP contribution in [0.15, 0.2) is 0 Å². The molecule has 120 valence electrons. The molecule has 0 aliphatic heterocycles. The van der Waals surface area contributed by atoms with Crippen molar-refractivity contribution in [3.05, 3.63) is 0 Å². The molecule has 0 rings (SSSR count). The van der Waals surface area contributed by atoms with E-state index in [-0.39, 0.29) is 6.42 Å². The van der Waals surface area contributed by atoms with Crippen LogP contribution in [0, 0.1) is 0 Å². The Hall–Kier alpha value is -1.39. The number of unbranched alkanes of at least 4 members (excludes halogenated alkanes) is 1. The summed E-state index contributed by atoms with van der Waals surface area (Å²) in [6.45, 7) is -0.753. The number of nitrogens with zero attached hydrogens (tertiary/aromatic N) is 1. The molecule has 0 bridgehead atoms. The third-order valence-electron chi connectivity index (χ3n) is 2.58. The Morgan fingerprint density at radius 2 is 1.62 bits per heavy atom. The third-order valence-corrected chi connectivity index (χ3v) is 2.89. The molecule has 1 atom stereocenters. The topological polar surface area (TPSA) is 127 Å². The van der Waals surface area contributed by atoms with Gasteiger partial charge in [-0.25, -0.2) is 0 Å². The largest absolute Gasteiger partial charge is 0.480 e. The highest BCUT2D eigenvalue weighted by molar-refractivity contribution is 8.11. The maximum Gasteiger partial charge on any atom is 0.320 e. The predicted molar refractivity (Wildman–Crippen MR) is 81.7 cm³/mol. The molecule has 0 saturated carbocycles. The second-order valence-corrected chi connectivity index (χ2v) is 5.43. The molecular formula is C11H18N2O6S2. The van der Waals surface area contributed by atoms with Gasteiger partial charge in [0.25, 0.3) is 0 Å². The molecule has 0 saturated heterocycles. The lowest BCUT2D eigenvalue weighted by Crippen LogP contribution is -2.46. The van der Waals surface area contributed by atoms with Crippen LogP contribution < -0.4 is 5.32 Å². The monoisotopic (exact) mass is 338 g/mol. The molecule has 0 aliphatic rings. The van der Waals surface area contributed by atoms with Gasteiger partial charge in [-0.1, -0.05) is 12.2 Å². The summed E-state index contributed by atoms with van der Waals surface area (Å²) in [6.07, 6.45) is 1.24. The summed E-state index contributed by atoms with van der Waals surface area (Å²) < 4.78 is 0.336. The van der Waals surface area contributed by atoms with Crippen LogP contribution in [0.25, 0.3) is 0 Å². The Morgan fingerprint density at radius 1 is 1.10 bits per heavy atom. The van der Waals surface area contributed by atoms with Crippen molar-refractivity contribution in [3.8, 4) is 0 Å². The number of rotatable bonds is 11. The number of carbonyl (C=O) groups is 3. The Bertz CT molecular complexity index is 388. The summed E-state index contributed by atoms with van der Waals surface area (Å²) >= 11 is 8.56. The maximum atomic E-state index is 11.2. The number of carboxylic acid groups (broad SMARTS) is 3. The van der Waals surface area contributed by atoms with E-state index in [1.807, 2.05) is 0 Å². The number of aliphatic carboxylic acids is 3. The van der Waals surface area contributed by atoms with E-state index in [1.54, 1.807) is 0 Å². The first-order chi connectivity index (χ1) is 9.73. The lowest BCUT2D eigenvalue weighted by molar-refractivity contribution is -0.149. The second-order valence-electron chi connectivity index (χ2n) is 4.27. The van der Waals surface area contributed by atoms with Gasteiger partial charge in [0, 0.05) is 6.54 Å². The third kappa shape index (κ3) is 10.0. The van der Waals surface area contributed by atoms with Gasteiger partial charge >= 0.3 is 17.9 Å². The zero-order chi connectivity index (χ0) is 16.4. The minimum absolute atomic E-state index is 0.150. The molecule has 0 fully saturated rings. The van der Waals surface area contributed by atoms with Crippen molar-refractivity contribution in [1.29, 1.82) is 0 Å². The van der Waals surface area contributed by atoms with Gasteiger partial charge in [0.2, 0.25) is 0 Å². The molecule has 0 aliphatic carbocycles. The summed E-state index contributed by atoms with van der Waals surface area (Å²) in [5.41, 5.74) is 0. The smallest absolute Gasteiger partial charge is 0.320 e. The molecule has 0 amide bonds. The molecule has 0 unspecified atom stereocenters. The van der Waals surface area contributed by atoms with E-state index in [2.05, 4.69) is 17.9 Å². The fourth-order valence-electron chi connectivity index (χ4n) is 1.74. The first-order valence-corrected chi connectivity index (χ1v) is 6.96. The Morgan fingerprint density at radius 3 is 2.00 bits per heavy atom. The van der Waals surface area contributed by atoms with Crippen LogP contribution in [0.2, 0.25) is 0 Å². The fourth-order valence-corrected chi connectivity index (χ4v) is 1.96. The number of thiocarbonyl (C=S) groups is 1. The molecule has 0 aromatic heterocycles. The van der Waals surface area contributed by atoms with Gasteiger partial charge in [-0.15, -0.1) is 12.6 Å². The van der Waals surface area contributed by atoms with E-state index in [1.165, 1.54) is 0 Å². The van der Waals surface area contributed by atoms with Crippen LogP contribution in [0.5, 0.6) is 0 Å². The Kier molecular flexibility index (Phi) is 9.67. The summed E-state index contributed by atoms with van der Waals surface area (Å²) in [7, 11) is 0. The average Bonchev–Trinajstić information content (AvgIpc) is 2.30. The molecule has 8 nitrogen and oxygen atoms in total. The molecule has 21 heavy (non-hydrogen) atoms. The summed E-state index contributed by atoms with van der Waals surface area (Å²) in [4.78, 5) is 33.5. The van der Waals surface area contributed by atoms with E-state index in [4.69, 9.17) is 27.5 Å². The molecule has 10 heteroatoms. The van der Waals surface area contributed by atoms with Gasteiger partial charge in [0.15, 0.2) is 0 Å². The highest BCUT2D eigenvalue weighted by atomic mass is 32.1. The number of hydrogen-bond acceptors (Lipinski definition) is 5. The van der Waals surface area contributed by atoms with Crippen LogP contribution in [0.1, 0.15) is 19.3 Å². The molecule has 0 aromatic rings. The van der Waals surface area contributed by atoms with Crippen LogP contribution in [-0.2, 0) is 14.4 Å². The Labute approximate surface area is 132 Å². The average molecular weight is 338 g/mol. The standard InChI is InChI=1S/C11H18N2O6S2/c14-8(15)5-13(6-9(16)17)7(10(18)19)3-1-2-4-12-11(20)21/h7H,1-6H2,(H,14,15)(H,16,17)(H,18,19)(H2,12,20,21)/t7-/m0/s1. The van der Waals surface area contributed by atoms with E-state index < -0.39 is 37.0 Å². The maximum absolute atomic E-state index is 11.2. The molecule has 0 aromatic carbocycles. The lowest BCUT2D eigenvalue weighted by Gasteiger charge is -2.25. The van der Waals surface area contributed by atoms with Crippen molar-refractivity contribution in [2.45, 2.75) is 25.3 Å². The predicted octanol–water partition coefficient (Wildman–Crippen LogP) is -0.115. The van der Waals surface area contributed by atoms with E-state index in [0.717, 1.165) is 4.90 Å². The number of carboxylic acids is 3. The van der Waals surface area contributed by atoms with E-state index in [0.29, 0.717) is 23.7 Å². The minimum atomic E-state index is -1.27. The first-order valence-electron chi connectivity index (χ1n) is 6.11. The van der Waals surface area contributed by atoms with Crippen molar-refractivity contribution in [2.24, 2.45) is 0 Å². The SMILES string of the molecule is O=C(O)CN(CC(=O)O)[C@@H](CCCCNC(=S)S)C(=O)O. The van der Waals surface area contributed by atoms with Crippen LogP contribution in [0.3, 0.4) is 0 Å². The minimum Gasteiger partial charge on any atom is -0.480 e. The van der Waals surface area contributed by atoms with Crippen molar-refractivity contribution in [3.63, 3.8) is 0 Å². The molecule has 0 heterocycles. The number of hydrogen-bond donors (Lipinski definition) is 5. The van der Waals surface area contributed by atoms with Gasteiger partial charge < -0.3 is 20.6 Å². The fraction of sp³-hybridized carbons (Fsp3) is 0.636. The molecule has 4 N–H and O–H groups in total. The lowest BCUT2D eigenvalue weighted by atomic mass is 10.1. The van der Waals surface area contributed by atoms with Crippen molar-refractivity contribution in [2.75, 3.05) is 19.6 Å². The summed E-state index contributed by atoms with van der Waals surface area (Å²) in [5.74, 6) is -3.79. The summed E-state index contributed by atoms with van der Waals surface area (Å²) in [6, 6.07) is -1.15. The normalized spacial score (nSPS) is 11.9. The van der Waals surface area contributed by atoms with Gasteiger partial charge in [-0.2, -0.15) is 0 Å². The Balaban J connectivity index is 4.51. The first kappa shape index (κ1) is 19.6. The van der Waals surface area contributed by atoms with Crippen LogP contribution >= 0.6 is 24.8 Å². The highest BCUT2D eigenvalue weighted by Gasteiger charge is 2.28. The van der Waals surface area contributed by atoms with Gasteiger partial charge in [0.05, 0.1) is 13.1 Å². The van der Waals surface area contributed by atoms with Gasteiger partial charge in [-0.05, 0) is 19.3 Å². The molecule has 0 spiro atoms. The number of nitrogens with one attached hydrogen (secondary N) is 1. The zero-order valence-electron chi connectivity index (χ0n) is 11.2. The van der Waals surface area contributed by atoms with Crippen molar-refractivity contribution in [1.82, 2.24) is 10.2 Å². The van der Waals surface area contributed by atoms with Crippen molar-refractivity contribution < 1.29 is 29.7 Å². The summed E-state index contributed by atoms with van der Waals surface area (Å²) in [5, 5.41) is 29.4. The molecular weight excluding hydrogens is 320 g/mol. The van der Waals surface area contributed by atoms with E-state index in [9.17, 15) is 14.4 Å². The van der Waals surface area contributed by atoms with Gasteiger partial charge in [0.1, 0.15) is 10.4 Å². The quantitative estimate of drug-likeness (QED) is 0.199. The van der Waals surface area contributed by atoms with Gasteiger partial charge in [-0.3, -0.25) is 19.3 Å². The highest BCUT2D eigenvalue weighted by Crippen LogP contribution is 2.09. The van der Waals surface area contributed by atoms with Crippen LogP contribution in [0.4, 0.5) is 0 Å².